The maximum absolute atomic E-state index is 13.5. The van der Waals surface area contributed by atoms with Crippen LogP contribution < -0.4 is 5.32 Å². The van der Waals surface area contributed by atoms with E-state index in [0.29, 0.717) is 12.8 Å². The lowest BCUT2D eigenvalue weighted by Gasteiger charge is -2.48. The molecule has 105 heavy (non-hydrogen) atoms. The minimum Gasteiger partial charge on any atom is -0.394 e. The topological polar surface area (TPSA) is 307 Å². The maximum Gasteiger partial charge on any atom is 0.220 e. The third kappa shape index (κ3) is 46.0. The highest BCUT2D eigenvalue weighted by Gasteiger charge is 2.54. The van der Waals surface area contributed by atoms with Crippen molar-refractivity contribution in [2.24, 2.45) is 0 Å². The van der Waals surface area contributed by atoms with Crippen molar-refractivity contribution in [2.75, 3.05) is 26.4 Å². The molecule has 0 saturated carbocycles. The van der Waals surface area contributed by atoms with Gasteiger partial charge in [-0.25, -0.2) is 0 Å². The van der Waals surface area contributed by atoms with E-state index in [1.165, 1.54) is 295 Å². The van der Waals surface area contributed by atoms with Gasteiger partial charge < -0.3 is 89.9 Å². The van der Waals surface area contributed by atoms with Crippen LogP contribution in [0.2, 0.25) is 0 Å². The number of nitrogens with one attached hydrogen (secondary N) is 1. The number of ether oxygens (including phenoxy) is 6. The number of carbonyl (C=O) groups is 1. The number of carbonyl (C=O) groups excluding carboxylic acids is 1. The second-order valence-electron chi connectivity index (χ2n) is 31.3. The van der Waals surface area contributed by atoms with E-state index in [0.717, 1.165) is 44.9 Å². The first-order valence-electron chi connectivity index (χ1n) is 43.7. The number of aliphatic hydroxyl groups is 11. The summed E-state index contributed by atoms with van der Waals surface area (Å²) in [5, 5.41) is 121. The van der Waals surface area contributed by atoms with Crippen LogP contribution in [0.25, 0.3) is 0 Å². The summed E-state index contributed by atoms with van der Waals surface area (Å²) in [6, 6.07) is -0.996. The highest BCUT2D eigenvalue weighted by molar-refractivity contribution is 5.76. The van der Waals surface area contributed by atoms with Crippen LogP contribution in [0.15, 0.2) is 36.5 Å². The minimum atomic E-state index is -1.98. The molecule has 19 nitrogen and oxygen atoms in total. The molecule has 0 aromatic rings. The fourth-order valence-electron chi connectivity index (χ4n) is 14.9. The molecule has 0 spiro atoms. The van der Waals surface area contributed by atoms with E-state index in [4.69, 9.17) is 28.4 Å². The molecule has 17 unspecified atom stereocenters. The van der Waals surface area contributed by atoms with E-state index in [2.05, 4.69) is 43.5 Å². The van der Waals surface area contributed by atoms with Crippen LogP contribution in [0.4, 0.5) is 0 Å². The molecule has 618 valence electrons. The molecule has 0 aromatic heterocycles. The molecule has 19 heteroatoms. The zero-order valence-electron chi connectivity index (χ0n) is 66.5. The van der Waals surface area contributed by atoms with Gasteiger partial charge in [-0.3, -0.25) is 4.79 Å². The second-order valence-corrected chi connectivity index (χ2v) is 31.3. The van der Waals surface area contributed by atoms with Crippen molar-refractivity contribution in [1.29, 1.82) is 0 Å². The minimum absolute atomic E-state index is 0.237. The highest BCUT2D eigenvalue weighted by Crippen LogP contribution is 2.33. The van der Waals surface area contributed by atoms with Crippen molar-refractivity contribution in [1.82, 2.24) is 5.32 Å². The Bertz CT molecular complexity index is 2030. The molecule has 3 heterocycles. The number of hydrogen-bond acceptors (Lipinski definition) is 18. The maximum atomic E-state index is 13.5. The van der Waals surface area contributed by atoms with Gasteiger partial charge in [0.2, 0.25) is 5.91 Å². The first kappa shape index (κ1) is 97.2. The smallest absolute Gasteiger partial charge is 0.220 e. The molecule has 17 atom stereocenters. The number of allylic oxidation sites excluding steroid dienone is 5. The van der Waals surface area contributed by atoms with E-state index in [9.17, 15) is 61.0 Å². The van der Waals surface area contributed by atoms with Gasteiger partial charge in [-0.05, 0) is 44.9 Å². The molecule has 12 N–H and O–H groups in total. The molecule has 3 fully saturated rings. The summed E-state index contributed by atoms with van der Waals surface area (Å²) in [6.45, 7) is 1.77. The standard InChI is InChI=1S/C86H161NO18/c1-3-5-7-9-11-13-15-17-19-21-23-25-27-29-30-31-32-33-34-35-36-37-38-40-42-44-46-48-50-52-54-56-58-60-62-64-74(92)87-69(70(91)63-61-59-57-55-53-51-49-47-45-43-41-39-28-26-24-22-20-18-16-14-12-10-8-6-4-2)68-100-84-80(98)77(95)82(72(66-89)102-84)105-86-81(99)78(96)83(73(67-90)103-86)104-85-79(97)76(94)75(93)71(65-88)101-85/h45,47,53,55,61,63,69-73,75-86,88-91,93-99H,3-44,46,48-52,54,56-60,62,64-68H2,1-2H3,(H,87,92)/b47-45+,55-53+,63-61+. The van der Waals surface area contributed by atoms with Gasteiger partial charge in [0.05, 0.1) is 38.6 Å². The van der Waals surface area contributed by atoms with Crippen LogP contribution in [0.5, 0.6) is 0 Å². The molecule has 0 aromatic carbocycles. The molecule has 3 aliphatic heterocycles. The Kier molecular flexibility index (Phi) is 61.7. The third-order valence-corrected chi connectivity index (χ3v) is 21.9. The monoisotopic (exact) mass is 1500 g/mol. The van der Waals surface area contributed by atoms with Gasteiger partial charge in [-0.15, -0.1) is 0 Å². The van der Waals surface area contributed by atoms with Crippen LogP contribution in [0.3, 0.4) is 0 Å². The predicted octanol–water partition coefficient (Wildman–Crippen LogP) is 15.9. The molecule has 0 radical (unpaired) electrons. The number of hydrogen-bond donors (Lipinski definition) is 12. The molecule has 3 aliphatic rings. The van der Waals surface area contributed by atoms with Gasteiger partial charge in [-0.1, -0.05) is 359 Å². The molecule has 0 bridgehead atoms. The quantitative estimate of drug-likeness (QED) is 0.0199. The first-order valence-corrected chi connectivity index (χ1v) is 43.7. The zero-order chi connectivity index (χ0) is 76.0. The predicted molar refractivity (Wildman–Crippen MR) is 420 cm³/mol. The molecule has 1 amide bonds. The van der Waals surface area contributed by atoms with Crippen LogP contribution in [0.1, 0.15) is 373 Å². The Balaban J connectivity index is 1.34. The van der Waals surface area contributed by atoms with Crippen LogP contribution in [-0.2, 0) is 33.2 Å². The van der Waals surface area contributed by atoms with Crippen molar-refractivity contribution in [3.63, 3.8) is 0 Å². The van der Waals surface area contributed by atoms with Gasteiger partial charge >= 0.3 is 0 Å². The lowest BCUT2D eigenvalue weighted by atomic mass is 9.96. The van der Waals surface area contributed by atoms with Crippen LogP contribution in [0, 0.1) is 0 Å². The van der Waals surface area contributed by atoms with Gasteiger partial charge in [-0.2, -0.15) is 0 Å². The summed E-state index contributed by atoms with van der Waals surface area (Å²) < 4.78 is 34.5. The summed E-state index contributed by atoms with van der Waals surface area (Å²) >= 11 is 0. The van der Waals surface area contributed by atoms with Gasteiger partial charge in [0.25, 0.3) is 0 Å². The summed E-state index contributed by atoms with van der Waals surface area (Å²) in [6.07, 6.45) is 57.4. The molecule has 3 rings (SSSR count). The van der Waals surface area contributed by atoms with E-state index in [-0.39, 0.29) is 18.9 Å². The van der Waals surface area contributed by atoms with Crippen molar-refractivity contribution < 1.29 is 89.4 Å². The fourth-order valence-corrected chi connectivity index (χ4v) is 14.9. The van der Waals surface area contributed by atoms with Gasteiger partial charge in [0, 0.05) is 6.42 Å². The SMILES string of the molecule is CCCCCCCCCCCCCCCCC/C=C/CC/C=C/CC/C=C/C(O)C(COC1OC(CO)C(OC2OC(CO)C(OC3OC(CO)C(O)C(O)C3O)C(O)C2O)C(O)C1O)NC(=O)CCCCCCCCCCCCCCCCCCCCCCCCCCCCCCCCCCCCC. The largest absolute Gasteiger partial charge is 0.394 e. The van der Waals surface area contributed by atoms with E-state index < -0.39 is 124 Å². The average Bonchev–Trinajstić information content (AvgIpc) is 0.780. The number of aliphatic hydroxyl groups excluding tert-OH is 11. The van der Waals surface area contributed by atoms with Crippen LogP contribution >= 0.6 is 0 Å². The first-order chi connectivity index (χ1) is 51.3. The normalized spacial score (nSPS) is 25.9. The average molecular weight is 1500 g/mol. The fraction of sp³-hybridized carbons (Fsp3) is 0.919. The van der Waals surface area contributed by atoms with Crippen LogP contribution in [-0.4, -0.2) is 193 Å². The number of unbranched alkanes of at least 4 members (excludes halogenated alkanes) is 51. The lowest BCUT2D eigenvalue weighted by Crippen LogP contribution is -2.66. The summed E-state index contributed by atoms with van der Waals surface area (Å²) in [7, 11) is 0. The van der Waals surface area contributed by atoms with Crippen molar-refractivity contribution in [3.05, 3.63) is 36.5 Å². The Morgan fingerprint density at radius 2 is 0.610 bits per heavy atom. The van der Waals surface area contributed by atoms with E-state index >= 15 is 0 Å². The molecular formula is C86H161NO18. The van der Waals surface area contributed by atoms with E-state index in [1.807, 2.05) is 6.08 Å². The third-order valence-electron chi connectivity index (χ3n) is 21.9. The highest BCUT2D eigenvalue weighted by atomic mass is 16.8. The van der Waals surface area contributed by atoms with Gasteiger partial charge in [0.1, 0.15) is 73.2 Å². The second kappa shape index (κ2) is 66.6. The Morgan fingerprint density at radius 1 is 0.333 bits per heavy atom. The van der Waals surface area contributed by atoms with Crippen molar-refractivity contribution >= 4 is 5.91 Å². The molecular weight excluding hydrogens is 1330 g/mol. The summed E-state index contributed by atoms with van der Waals surface area (Å²) in [5.41, 5.74) is 0. The summed E-state index contributed by atoms with van der Waals surface area (Å²) in [5.74, 6) is -0.282. The molecule has 3 saturated heterocycles. The van der Waals surface area contributed by atoms with Crippen molar-refractivity contribution in [2.45, 2.75) is 478 Å². The van der Waals surface area contributed by atoms with Gasteiger partial charge in [0.15, 0.2) is 18.9 Å². The Hall–Kier alpha value is -1.99. The Labute approximate surface area is 638 Å². The number of rotatable bonds is 71. The summed E-state index contributed by atoms with van der Waals surface area (Å²) in [4.78, 5) is 13.5. The van der Waals surface area contributed by atoms with Crippen molar-refractivity contribution in [3.8, 4) is 0 Å². The Morgan fingerprint density at radius 3 is 0.952 bits per heavy atom. The lowest BCUT2D eigenvalue weighted by molar-refractivity contribution is -0.379. The molecule has 0 aliphatic carbocycles. The zero-order valence-corrected chi connectivity index (χ0v) is 66.5. The van der Waals surface area contributed by atoms with E-state index in [1.54, 1.807) is 6.08 Å². The number of amides is 1.